The van der Waals surface area contributed by atoms with Crippen molar-refractivity contribution in [3.05, 3.63) is 105 Å². The molecule has 0 fully saturated rings. The molecule has 188 valence electrons. The monoisotopic (exact) mass is 497 g/mol. The molecular formula is C29H28FN5O2. The van der Waals surface area contributed by atoms with Gasteiger partial charge in [0, 0.05) is 24.3 Å². The summed E-state index contributed by atoms with van der Waals surface area (Å²) in [6, 6.07) is 18.1. The number of halogens is 1. The van der Waals surface area contributed by atoms with E-state index in [0.29, 0.717) is 24.4 Å². The summed E-state index contributed by atoms with van der Waals surface area (Å²) < 4.78 is 21.8. The van der Waals surface area contributed by atoms with Crippen LogP contribution in [-0.2, 0) is 32.4 Å². The molecule has 8 heteroatoms. The largest absolute Gasteiger partial charge is 0.438 e. The quantitative estimate of drug-likeness (QED) is 0.330. The van der Waals surface area contributed by atoms with Crippen LogP contribution in [-0.4, -0.2) is 19.7 Å². The predicted octanol–water partition coefficient (Wildman–Crippen LogP) is 5.60. The number of anilines is 2. The maximum Gasteiger partial charge on any atom is 0.438 e. The molecule has 0 radical (unpaired) electrons. The van der Waals surface area contributed by atoms with Gasteiger partial charge < -0.3 is 9.47 Å². The Balaban J connectivity index is 1.42. The predicted molar refractivity (Wildman–Crippen MR) is 141 cm³/mol. The second kappa shape index (κ2) is 9.35. The van der Waals surface area contributed by atoms with Crippen molar-refractivity contribution in [2.75, 3.05) is 4.90 Å². The fourth-order valence-corrected chi connectivity index (χ4v) is 5.37. The Bertz CT molecular complexity index is 1660. The summed E-state index contributed by atoms with van der Waals surface area (Å²) in [6.45, 7) is 5.02. The van der Waals surface area contributed by atoms with E-state index in [-0.39, 0.29) is 5.82 Å². The maximum absolute atomic E-state index is 15.0. The Morgan fingerprint density at radius 2 is 1.84 bits per heavy atom. The first kappa shape index (κ1) is 23.2. The number of aromatic amines is 1. The zero-order chi connectivity index (χ0) is 25.5. The van der Waals surface area contributed by atoms with Gasteiger partial charge in [-0.15, -0.1) is 0 Å². The van der Waals surface area contributed by atoms with Crippen LogP contribution in [0.3, 0.4) is 0 Å². The molecule has 37 heavy (non-hydrogen) atoms. The fraction of sp³-hybridized carbons (Fsp3) is 0.276. The molecule has 0 spiro atoms. The number of hydrogen-bond donors (Lipinski definition) is 1. The smallest absolute Gasteiger partial charge is 0.333 e. The van der Waals surface area contributed by atoms with E-state index in [1.54, 1.807) is 6.07 Å². The van der Waals surface area contributed by atoms with E-state index < -0.39 is 5.76 Å². The van der Waals surface area contributed by atoms with Crippen LogP contribution in [0, 0.1) is 12.7 Å². The van der Waals surface area contributed by atoms with Gasteiger partial charge in [0.05, 0.1) is 12.1 Å². The summed E-state index contributed by atoms with van der Waals surface area (Å²) in [4.78, 5) is 21.2. The van der Waals surface area contributed by atoms with E-state index in [2.05, 4.69) is 52.3 Å². The summed E-state index contributed by atoms with van der Waals surface area (Å²) in [6.07, 6.45) is 3.48. The number of nitrogens with zero attached hydrogens (tertiary/aromatic N) is 4. The van der Waals surface area contributed by atoms with Gasteiger partial charge in [0.2, 0.25) is 0 Å². The molecule has 5 aromatic rings. The summed E-state index contributed by atoms with van der Waals surface area (Å²) >= 11 is 0. The van der Waals surface area contributed by atoms with E-state index in [0.717, 1.165) is 59.5 Å². The van der Waals surface area contributed by atoms with Gasteiger partial charge >= 0.3 is 5.76 Å². The average Bonchev–Trinajstić information content (AvgIpc) is 3.43. The van der Waals surface area contributed by atoms with Gasteiger partial charge in [-0.05, 0) is 66.6 Å². The molecule has 1 N–H and O–H groups in total. The van der Waals surface area contributed by atoms with Crippen molar-refractivity contribution in [2.45, 2.75) is 52.6 Å². The lowest BCUT2D eigenvalue weighted by Crippen LogP contribution is -2.19. The van der Waals surface area contributed by atoms with Crippen LogP contribution in [0.25, 0.3) is 11.0 Å². The summed E-state index contributed by atoms with van der Waals surface area (Å²) in [5.74, 6) is 0.571. The number of hydrogen-bond acceptors (Lipinski definition) is 5. The Labute approximate surface area is 213 Å². The Kier molecular flexibility index (Phi) is 5.87. The maximum atomic E-state index is 15.0. The number of fused-ring (bicyclic) bond motifs is 3. The molecule has 0 aliphatic carbocycles. The van der Waals surface area contributed by atoms with Crippen LogP contribution in [0.1, 0.15) is 47.2 Å². The van der Waals surface area contributed by atoms with Crippen molar-refractivity contribution in [3.63, 3.8) is 0 Å². The Morgan fingerprint density at radius 1 is 1.03 bits per heavy atom. The first-order valence-corrected chi connectivity index (χ1v) is 12.7. The highest BCUT2D eigenvalue weighted by Crippen LogP contribution is 2.37. The number of benzene rings is 3. The second-order valence-electron chi connectivity index (χ2n) is 9.65. The van der Waals surface area contributed by atoms with Gasteiger partial charge in [-0.3, -0.25) is 9.51 Å². The molecule has 0 atom stereocenters. The summed E-state index contributed by atoms with van der Waals surface area (Å²) in [7, 11) is 0. The molecular weight excluding hydrogens is 469 g/mol. The number of imidazole rings is 1. The molecule has 3 aromatic carbocycles. The Hall–Kier alpha value is -4.20. The van der Waals surface area contributed by atoms with Crippen LogP contribution in [0.4, 0.5) is 15.8 Å². The molecule has 1 aliphatic rings. The molecule has 0 amide bonds. The zero-order valence-corrected chi connectivity index (χ0v) is 20.9. The lowest BCUT2D eigenvalue weighted by atomic mass is 10.0. The number of rotatable bonds is 6. The van der Waals surface area contributed by atoms with Gasteiger partial charge in [0.25, 0.3) is 0 Å². The first-order valence-electron chi connectivity index (χ1n) is 12.7. The van der Waals surface area contributed by atoms with E-state index in [9.17, 15) is 4.79 Å². The first-order chi connectivity index (χ1) is 18.0. The van der Waals surface area contributed by atoms with Crippen molar-refractivity contribution in [1.82, 2.24) is 19.7 Å². The minimum Gasteiger partial charge on any atom is -0.333 e. The van der Waals surface area contributed by atoms with Crippen LogP contribution >= 0.6 is 0 Å². The van der Waals surface area contributed by atoms with E-state index in [1.165, 1.54) is 17.2 Å². The zero-order valence-electron chi connectivity index (χ0n) is 20.9. The van der Waals surface area contributed by atoms with Crippen LogP contribution in [0.15, 0.2) is 63.9 Å². The van der Waals surface area contributed by atoms with Gasteiger partial charge in [-0.2, -0.15) is 0 Å². The van der Waals surface area contributed by atoms with Gasteiger partial charge in [0.1, 0.15) is 17.2 Å². The topological polar surface area (TPSA) is 79.9 Å². The van der Waals surface area contributed by atoms with Crippen molar-refractivity contribution >= 4 is 22.4 Å². The van der Waals surface area contributed by atoms with Gasteiger partial charge in [-0.25, -0.2) is 14.2 Å². The minimum atomic E-state index is -0.563. The standard InChI is InChI=1S/C29H28FN5O2/c1-3-6-26-32-27-18(2)9-13-22(30)28(27)35(26)16-19-10-14-24-21(15-19)12-11-20-7-4-5-8-23(20)34(24)17-25-31-29(36)37-33-25/h4-5,7-10,13-15H,3,6,11-12,16-17H2,1-2H3,(H,31,33,36). The number of H-pyrrole nitrogens is 1. The third-order valence-electron chi connectivity index (χ3n) is 7.11. The average molecular weight is 498 g/mol. The highest BCUT2D eigenvalue weighted by atomic mass is 19.1. The van der Waals surface area contributed by atoms with Crippen molar-refractivity contribution in [2.24, 2.45) is 0 Å². The molecule has 7 nitrogen and oxygen atoms in total. The van der Waals surface area contributed by atoms with Crippen molar-refractivity contribution in [1.29, 1.82) is 0 Å². The highest BCUT2D eigenvalue weighted by molar-refractivity contribution is 5.80. The third-order valence-corrected chi connectivity index (χ3v) is 7.11. The van der Waals surface area contributed by atoms with Crippen molar-refractivity contribution in [3.8, 4) is 0 Å². The van der Waals surface area contributed by atoms with E-state index >= 15 is 4.39 Å². The third kappa shape index (κ3) is 4.22. The van der Waals surface area contributed by atoms with E-state index in [4.69, 9.17) is 9.51 Å². The van der Waals surface area contributed by atoms with Crippen LogP contribution in [0.2, 0.25) is 0 Å². The molecule has 0 saturated heterocycles. The normalized spacial score (nSPS) is 13.0. The molecule has 0 bridgehead atoms. The number of aryl methyl sites for hydroxylation is 4. The molecule has 1 aliphatic heterocycles. The van der Waals surface area contributed by atoms with Gasteiger partial charge in [-0.1, -0.05) is 48.5 Å². The van der Waals surface area contributed by atoms with Gasteiger partial charge in [0.15, 0.2) is 5.82 Å². The molecule has 3 heterocycles. The Morgan fingerprint density at radius 3 is 2.65 bits per heavy atom. The van der Waals surface area contributed by atoms with Crippen LogP contribution in [0.5, 0.6) is 0 Å². The number of nitrogens with one attached hydrogen (secondary N) is 1. The molecule has 6 rings (SSSR count). The summed E-state index contributed by atoms with van der Waals surface area (Å²) in [5, 5.41) is 3.89. The second-order valence-corrected chi connectivity index (χ2v) is 9.65. The molecule has 2 aromatic heterocycles. The highest BCUT2D eigenvalue weighted by Gasteiger charge is 2.23. The van der Waals surface area contributed by atoms with Crippen molar-refractivity contribution < 1.29 is 8.91 Å². The molecule has 0 saturated carbocycles. The molecule has 0 unspecified atom stereocenters. The summed E-state index contributed by atoms with van der Waals surface area (Å²) in [5.41, 5.74) is 7.95. The minimum absolute atomic E-state index is 0.242. The van der Waals surface area contributed by atoms with Crippen LogP contribution < -0.4 is 10.7 Å². The number of aromatic nitrogens is 4. The van der Waals surface area contributed by atoms with E-state index in [1.807, 2.05) is 23.6 Å². The lowest BCUT2D eigenvalue weighted by molar-refractivity contribution is 0.381. The number of para-hydroxylation sites is 1. The fourth-order valence-electron chi connectivity index (χ4n) is 5.37. The lowest BCUT2D eigenvalue weighted by Gasteiger charge is -2.26. The SMILES string of the molecule is CCCc1nc2c(C)ccc(F)c2n1Cc1ccc2c(c1)CCc1ccccc1N2Cc1noc(=O)[nH]1.